The van der Waals surface area contributed by atoms with Crippen LogP contribution in [0, 0.1) is 0 Å². The zero-order chi connectivity index (χ0) is 16.0. The van der Waals surface area contributed by atoms with Gasteiger partial charge in [-0.25, -0.2) is 14.7 Å². The normalized spacial score (nSPS) is 13.5. The van der Waals surface area contributed by atoms with Gasteiger partial charge in [0.1, 0.15) is 10.3 Å². The molecule has 8 heteroatoms. The molecule has 6 nitrogen and oxygen atoms in total. The summed E-state index contributed by atoms with van der Waals surface area (Å²) >= 11 is 11.6. The highest BCUT2D eigenvalue weighted by atomic mass is 35.5. The van der Waals surface area contributed by atoms with Crippen molar-refractivity contribution in [1.82, 2.24) is 4.98 Å². The number of amides is 2. The Morgan fingerprint density at radius 2 is 1.59 bits per heavy atom. The number of pyridine rings is 1. The summed E-state index contributed by atoms with van der Waals surface area (Å²) < 4.78 is 0. The predicted octanol–water partition coefficient (Wildman–Crippen LogP) is 2.89. The van der Waals surface area contributed by atoms with Crippen LogP contribution in [0.4, 0.5) is 5.69 Å². The maximum absolute atomic E-state index is 12.4. The van der Waals surface area contributed by atoms with Crippen LogP contribution < -0.4 is 4.90 Å². The maximum Gasteiger partial charge on any atom is 0.335 e. The number of nitrogens with zero attached hydrogens (tertiary/aromatic N) is 2. The summed E-state index contributed by atoms with van der Waals surface area (Å²) in [5.41, 5.74) is 0.244. The highest BCUT2D eigenvalue weighted by Gasteiger charge is 2.37. The zero-order valence-corrected chi connectivity index (χ0v) is 12.2. The van der Waals surface area contributed by atoms with E-state index < -0.39 is 17.8 Å². The number of rotatable bonds is 2. The number of carboxylic acids is 1. The predicted molar refractivity (Wildman–Crippen MR) is 78.8 cm³/mol. The minimum Gasteiger partial charge on any atom is -0.478 e. The van der Waals surface area contributed by atoms with E-state index in [0.717, 1.165) is 4.90 Å². The van der Waals surface area contributed by atoms with Crippen LogP contribution in [0.5, 0.6) is 0 Å². The first kappa shape index (κ1) is 14.5. The molecule has 0 atom stereocenters. The fraction of sp³-hybridized carbons (Fsp3) is 0. The molecule has 0 spiro atoms. The van der Waals surface area contributed by atoms with Crippen LogP contribution in [0.2, 0.25) is 10.3 Å². The fourth-order valence-electron chi connectivity index (χ4n) is 2.19. The number of fused-ring (bicyclic) bond motifs is 1. The molecule has 1 aromatic carbocycles. The first-order valence-corrected chi connectivity index (χ1v) is 6.73. The zero-order valence-electron chi connectivity index (χ0n) is 10.7. The van der Waals surface area contributed by atoms with E-state index in [1.807, 2.05) is 0 Å². The Bertz CT molecular complexity index is 830. The third-order valence-electron chi connectivity index (χ3n) is 3.14. The van der Waals surface area contributed by atoms with Crippen molar-refractivity contribution in [1.29, 1.82) is 0 Å². The number of carbonyl (C=O) groups excluding carboxylic acids is 2. The van der Waals surface area contributed by atoms with E-state index in [-0.39, 0.29) is 32.7 Å². The van der Waals surface area contributed by atoms with E-state index in [2.05, 4.69) is 4.98 Å². The van der Waals surface area contributed by atoms with Gasteiger partial charge >= 0.3 is 5.97 Å². The van der Waals surface area contributed by atoms with Crippen molar-refractivity contribution in [3.8, 4) is 0 Å². The Morgan fingerprint density at radius 3 is 2.18 bits per heavy atom. The van der Waals surface area contributed by atoms with Crippen molar-refractivity contribution in [2.45, 2.75) is 0 Å². The van der Waals surface area contributed by atoms with Gasteiger partial charge in [0.05, 0.1) is 22.4 Å². The van der Waals surface area contributed by atoms with E-state index in [4.69, 9.17) is 28.3 Å². The van der Waals surface area contributed by atoms with Crippen molar-refractivity contribution in [3.63, 3.8) is 0 Å². The van der Waals surface area contributed by atoms with Crippen molar-refractivity contribution in [2.24, 2.45) is 0 Å². The molecule has 3 rings (SSSR count). The van der Waals surface area contributed by atoms with Crippen molar-refractivity contribution < 1.29 is 19.5 Å². The average Bonchev–Trinajstić information content (AvgIpc) is 2.69. The lowest BCUT2D eigenvalue weighted by Crippen LogP contribution is -2.29. The lowest BCUT2D eigenvalue weighted by Gasteiger charge is -2.14. The van der Waals surface area contributed by atoms with Gasteiger partial charge in [-0.1, -0.05) is 23.2 Å². The first-order chi connectivity index (χ1) is 10.4. The Kier molecular flexibility index (Phi) is 3.35. The van der Waals surface area contributed by atoms with E-state index in [1.54, 1.807) is 0 Å². The minimum absolute atomic E-state index is 0.0222. The molecule has 1 N–H and O–H groups in total. The van der Waals surface area contributed by atoms with Gasteiger partial charge in [-0.3, -0.25) is 9.59 Å². The highest BCUT2D eigenvalue weighted by Crippen LogP contribution is 2.31. The monoisotopic (exact) mass is 336 g/mol. The lowest BCUT2D eigenvalue weighted by atomic mass is 10.1. The second-order valence-corrected chi connectivity index (χ2v) is 5.26. The van der Waals surface area contributed by atoms with Gasteiger partial charge in [-0.05, 0) is 30.3 Å². The molecule has 0 saturated carbocycles. The molecular weight excluding hydrogens is 331 g/mol. The third-order valence-corrected chi connectivity index (χ3v) is 3.53. The summed E-state index contributed by atoms with van der Waals surface area (Å²) in [4.78, 5) is 40.4. The van der Waals surface area contributed by atoms with E-state index in [1.165, 1.54) is 30.3 Å². The molecule has 0 radical (unpaired) electrons. The number of hydrogen-bond donors (Lipinski definition) is 1. The molecule has 1 aliphatic heterocycles. The Labute approximate surface area is 133 Å². The van der Waals surface area contributed by atoms with Crippen molar-refractivity contribution >= 4 is 46.7 Å². The molecule has 0 fully saturated rings. The number of aromatic carboxylic acids is 1. The van der Waals surface area contributed by atoms with Gasteiger partial charge < -0.3 is 5.11 Å². The molecule has 0 aliphatic carbocycles. The number of anilines is 1. The summed E-state index contributed by atoms with van der Waals surface area (Å²) in [7, 11) is 0. The van der Waals surface area contributed by atoms with Crippen LogP contribution in [-0.4, -0.2) is 27.9 Å². The highest BCUT2D eigenvalue weighted by molar-refractivity contribution is 6.37. The quantitative estimate of drug-likeness (QED) is 0.672. The Balaban J connectivity index is 2.12. The van der Waals surface area contributed by atoms with Crippen molar-refractivity contribution in [2.75, 3.05) is 4.90 Å². The molecule has 2 amide bonds. The number of imide groups is 1. The maximum atomic E-state index is 12.4. The van der Waals surface area contributed by atoms with Crippen LogP contribution in [0.25, 0.3) is 0 Å². The van der Waals surface area contributed by atoms with Gasteiger partial charge in [0.15, 0.2) is 0 Å². The number of carboxylic acid groups (broad SMARTS) is 1. The van der Waals surface area contributed by atoms with Gasteiger partial charge in [-0.15, -0.1) is 0 Å². The van der Waals surface area contributed by atoms with Crippen LogP contribution in [0.15, 0.2) is 30.3 Å². The summed E-state index contributed by atoms with van der Waals surface area (Å²) in [6.45, 7) is 0. The van der Waals surface area contributed by atoms with Gasteiger partial charge in [-0.2, -0.15) is 0 Å². The van der Waals surface area contributed by atoms with Gasteiger partial charge in [0.2, 0.25) is 0 Å². The molecule has 22 heavy (non-hydrogen) atoms. The van der Waals surface area contributed by atoms with E-state index in [9.17, 15) is 14.4 Å². The molecule has 2 aromatic rings. The fourth-order valence-corrected chi connectivity index (χ4v) is 2.64. The summed E-state index contributed by atoms with van der Waals surface area (Å²) in [5, 5.41) is 9.04. The summed E-state index contributed by atoms with van der Waals surface area (Å²) in [5.74, 6) is -2.40. The molecule has 1 aromatic heterocycles. The topological polar surface area (TPSA) is 87.6 Å². The second kappa shape index (κ2) is 5.08. The number of hydrogen-bond acceptors (Lipinski definition) is 4. The van der Waals surface area contributed by atoms with E-state index in [0.29, 0.717) is 0 Å². The van der Waals surface area contributed by atoms with Crippen LogP contribution in [0.3, 0.4) is 0 Å². The molecule has 2 heterocycles. The molecular formula is C14H6Cl2N2O4. The lowest BCUT2D eigenvalue weighted by molar-refractivity contribution is 0.0696. The second-order valence-electron chi connectivity index (χ2n) is 4.48. The number of carbonyl (C=O) groups is 3. The summed E-state index contributed by atoms with van der Waals surface area (Å²) in [6, 6.07) is 6.40. The van der Waals surface area contributed by atoms with Gasteiger partial charge in [0, 0.05) is 0 Å². The molecule has 0 bridgehead atoms. The molecule has 0 saturated heterocycles. The Hall–Kier alpha value is -2.44. The third kappa shape index (κ3) is 2.22. The number of benzene rings is 1. The average molecular weight is 337 g/mol. The standard InChI is InChI=1S/C14H6Cl2N2O4/c15-10-4-7(5-11(16)17-10)18-12(19)8-2-1-6(14(21)22)3-9(8)13(18)20/h1-5H,(H,21,22). The van der Waals surface area contributed by atoms with Crippen LogP contribution in [0.1, 0.15) is 31.1 Å². The number of halogens is 2. The smallest absolute Gasteiger partial charge is 0.335 e. The van der Waals surface area contributed by atoms with Crippen molar-refractivity contribution in [3.05, 3.63) is 57.3 Å². The van der Waals surface area contributed by atoms with Crippen LogP contribution >= 0.6 is 23.2 Å². The first-order valence-electron chi connectivity index (χ1n) is 5.97. The Morgan fingerprint density at radius 1 is 1.00 bits per heavy atom. The molecule has 0 unspecified atom stereocenters. The SMILES string of the molecule is O=C(O)c1ccc2c(c1)C(=O)N(c1cc(Cl)nc(Cl)c1)C2=O. The summed E-state index contributed by atoms with van der Waals surface area (Å²) in [6.07, 6.45) is 0. The largest absolute Gasteiger partial charge is 0.478 e. The minimum atomic E-state index is -1.18. The van der Waals surface area contributed by atoms with E-state index >= 15 is 0 Å². The van der Waals surface area contributed by atoms with Gasteiger partial charge in [0.25, 0.3) is 11.8 Å². The van der Waals surface area contributed by atoms with Crippen LogP contribution in [-0.2, 0) is 0 Å². The number of aromatic nitrogens is 1. The molecule has 1 aliphatic rings. The molecule has 110 valence electrons.